The van der Waals surface area contributed by atoms with Gasteiger partial charge in [0.2, 0.25) is 0 Å². The zero-order valence-electron chi connectivity index (χ0n) is 15.1. The Morgan fingerprint density at radius 2 is 1.30 bits per heavy atom. The van der Waals surface area contributed by atoms with Crippen LogP contribution in [0.5, 0.6) is 0 Å². The van der Waals surface area contributed by atoms with E-state index < -0.39 is 11.1 Å². The van der Waals surface area contributed by atoms with E-state index in [2.05, 4.69) is 31.2 Å². The molecule has 0 spiro atoms. The minimum Gasteiger partial charge on any atom is -0.267 e. The third-order valence-corrected chi connectivity index (χ3v) is 6.14. The van der Waals surface area contributed by atoms with E-state index in [1.807, 2.05) is 31.2 Å². The molecule has 2 bridgehead atoms. The molecule has 0 saturated heterocycles. The molecule has 0 unspecified atom stereocenters. The normalized spacial score (nSPS) is 25.1. The fourth-order valence-electron chi connectivity index (χ4n) is 4.48. The van der Waals surface area contributed by atoms with E-state index in [0.29, 0.717) is 10.6 Å². The Hall–Kier alpha value is -2.62. The molecule has 1 amide bonds. The number of fused-ring (bicyclic) bond motifs is 1. The molecule has 3 aromatic rings. The number of hydrogen-bond donors (Lipinski definition) is 0. The second-order valence-electron chi connectivity index (χ2n) is 7.39. The van der Waals surface area contributed by atoms with Crippen molar-refractivity contribution < 1.29 is 9.63 Å². The van der Waals surface area contributed by atoms with Crippen molar-refractivity contribution in [2.75, 3.05) is 0 Å². The zero-order valence-corrected chi connectivity index (χ0v) is 15.8. The summed E-state index contributed by atoms with van der Waals surface area (Å²) in [6, 6.07) is 23.4. The van der Waals surface area contributed by atoms with Gasteiger partial charge in [-0.3, -0.25) is 9.63 Å². The van der Waals surface area contributed by atoms with Crippen molar-refractivity contribution in [1.82, 2.24) is 5.06 Å². The molecule has 0 saturated carbocycles. The summed E-state index contributed by atoms with van der Waals surface area (Å²) in [5.74, 6) is -0.176. The van der Waals surface area contributed by atoms with Crippen LogP contribution in [0.2, 0.25) is 5.02 Å². The Morgan fingerprint density at radius 3 is 1.81 bits per heavy atom. The van der Waals surface area contributed by atoms with Gasteiger partial charge in [-0.25, -0.2) is 5.06 Å². The molecular weight excluding hydrogens is 358 g/mol. The highest BCUT2D eigenvalue weighted by atomic mass is 35.5. The highest BCUT2D eigenvalue weighted by molar-refractivity contribution is 6.30. The van der Waals surface area contributed by atoms with Crippen molar-refractivity contribution in [2.24, 2.45) is 0 Å². The minimum absolute atomic E-state index is 0.176. The second kappa shape index (κ2) is 5.44. The average molecular weight is 376 g/mol. The van der Waals surface area contributed by atoms with E-state index in [1.54, 1.807) is 29.3 Å². The summed E-state index contributed by atoms with van der Waals surface area (Å²) < 4.78 is 0. The van der Waals surface area contributed by atoms with Crippen molar-refractivity contribution in [1.29, 1.82) is 0 Å². The Labute approximate surface area is 163 Å². The monoisotopic (exact) mass is 375 g/mol. The summed E-state index contributed by atoms with van der Waals surface area (Å²) >= 11 is 5.99. The van der Waals surface area contributed by atoms with E-state index in [9.17, 15) is 4.79 Å². The predicted octanol–water partition coefficient (Wildman–Crippen LogP) is 5.27. The maximum atomic E-state index is 13.4. The van der Waals surface area contributed by atoms with Crippen LogP contribution in [-0.2, 0) is 16.0 Å². The molecule has 2 heterocycles. The molecule has 0 radical (unpaired) electrons. The number of benzene rings is 3. The van der Waals surface area contributed by atoms with Crippen LogP contribution >= 0.6 is 11.6 Å². The number of carbonyl (C=O) groups is 1. The van der Waals surface area contributed by atoms with E-state index in [4.69, 9.17) is 16.4 Å². The minimum atomic E-state index is -0.715. The summed E-state index contributed by atoms with van der Waals surface area (Å²) in [6.07, 6.45) is 0. The maximum Gasteiger partial charge on any atom is 0.278 e. The zero-order chi connectivity index (χ0) is 18.8. The van der Waals surface area contributed by atoms with E-state index in [-0.39, 0.29) is 5.91 Å². The first-order chi connectivity index (χ1) is 13.0. The largest absolute Gasteiger partial charge is 0.278 e. The van der Waals surface area contributed by atoms with Crippen LogP contribution in [0.15, 0.2) is 72.8 Å². The molecule has 0 atom stereocenters. The molecule has 2 aliphatic heterocycles. The summed E-state index contributed by atoms with van der Waals surface area (Å²) in [6.45, 7) is 4.09. The number of carbonyl (C=O) groups excluding carboxylic acids is 1. The number of rotatable bonds is 1. The number of hydrogen-bond acceptors (Lipinski definition) is 2. The van der Waals surface area contributed by atoms with Crippen molar-refractivity contribution >= 4 is 17.5 Å². The molecular formula is C23H18ClNO2. The second-order valence-corrected chi connectivity index (χ2v) is 7.83. The highest BCUT2D eigenvalue weighted by Crippen LogP contribution is 2.57. The first kappa shape index (κ1) is 16.5. The average Bonchev–Trinajstić information content (AvgIpc) is 2.70. The smallest absolute Gasteiger partial charge is 0.267 e. The summed E-state index contributed by atoms with van der Waals surface area (Å²) in [7, 11) is 0. The lowest BCUT2D eigenvalue weighted by Crippen LogP contribution is -2.61. The van der Waals surface area contributed by atoms with Gasteiger partial charge in [0, 0.05) is 10.6 Å². The van der Waals surface area contributed by atoms with Crippen LogP contribution < -0.4 is 0 Å². The molecule has 0 N–H and O–H groups in total. The molecule has 1 aliphatic carbocycles. The third kappa shape index (κ3) is 2.04. The van der Waals surface area contributed by atoms with Crippen molar-refractivity contribution in [2.45, 2.75) is 25.0 Å². The number of amides is 1. The van der Waals surface area contributed by atoms with Crippen LogP contribution in [0.4, 0.5) is 0 Å². The van der Waals surface area contributed by atoms with Gasteiger partial charge in [-0.15, -0.1) is 0 Å². The molecule has 134 valence electrons. The third-order valence-electron chi connectivity index (χ3n) is 5.89. The molecule has 3 aromatic carbocycles. The molecule has 0 aromatic heterocycles. The summed E-state index contributed by atoms with van der Waals surface area (Å²) in [4.78, 5) is 19.9. The molecule has 6 rings (SSSR count). The summed E-state index contributed by atoms with van der Waals surface area (Å²) in [5.41, 5.74) is 3.53. The Morgan fingerprint density at radius 1 is 0.815 bits per heavy atom. The first-order valence-corrected chi connectivity index (χ1v) is 9.33. The van der Waals surface area contributed by atoms with Crippen molar-refractivity contribution in [3.63, 3.8) is 0 Å². The molecule has 3 nitrogen and oxygen atoms in total. The number of hydroxylamine groups is 2. The molecule has 4 heteroatoms. The highest BCUT2D eigenvalue weighted by Gasteiger charge is 2.58. The van der Waals surface area contributed by atoms with Crippen LogP contribution in [0.25, 0.3) is 0 Å². The molecule has 0 fully saturated rings. The lowest BCUT2D eigenvalue weighted by atomic mass is 9.65. The van der Waals surface area contributed by atoms with Crippen LogP contribution in [0.1, 0.15) is 46.5 Å². The first-order valence-electron chi connectivity index (χ1n) is 8.95. The summed E-state index contributed by atoms with van der Waals surface area (Å²) in [5, 5.41) is 2.14. The fraction of sp³-hybridized carbons (Fsp3) is 0.174. The Balaban J connectivity index is 1.76. The van der Waals surface area contributed by atoms with Gasteiger partial charge in [0.1, 0.15) is 11.1 Å². The standard InChI is InChI=1S/C23H18ClNO2/c1-22-17-7-3-5-9-19(17)23(2,20-10-6-4-8-18(20)22)27-25(22)21(26)15-11-13-16(24)14-12-15/h3-14H,1-2H3. The van der Waals surface area contributed by atoms with Crippen LogP contribution in [0.3, 0.4) is 0 Å². The van der Waals surface area contributed by atoms with Gasteiger partial charge in [0.05, 0.1) is 0 Å². The van der Waals surface area contributed by atoms with Gasteiger partial charge in [-0.05, 0) is 60.4 Å². The quantitative estimate of drug-likeness (QED) is 0.580. The fourth-order valence-corrected chi connectivity index (χ4v) is 4.61. The van der Waals surface area contributed by atoms with Crippen LogP contribution in [0, 0.1) is 0 Å². The van der Waals surface area contributed by atoms with Gasteiger partial charge in [0.25, 0.3) is 5.91 Å². The molecule has 27 heavy (non-hydrogen) atoms. The van der Waals surface area contributed by atoms with Gasteiger partial charge in [-0.1, -0.05) is 60.1 Å². The van der Waals surface area contributed by atoms with E-state index in [0.717, 1.165) is 22.3 Å². The van der Waals surface area contributed by atoms with E-state index >= 15 is 0 Å². The SMILES string of the molecule is CC12ON(C(=O)c3ccc(Cl)cc3)C(C)(c3ccccc31)c1ccccc12. The maximum absolute atomic E-state index is 13.4. The number of halogens is 1. The lowest BCUT2D eigenvalue weighted by Gasteiger charge is -2.57. The van der Waals surface area contributed by atoms with Crippen LogP contribution in [-0.4, -0.2) is 11.0 Å². The van der Waals surface area contributed by atoms with E-state index in [1.165, 1.54) is 0 Å². The van der Waals surface area contributed by atoms with Gasteiger partial charge < -0.3 is 0 Å². The topological polar surface area (TPSA) is 29.5 Å². The molecule has 3 aliphatic rings. The number of nitrogens with zero attached hydrogens (tertiary/aromatic N) is 1. The lowest BCUT2D eigenvalue weighted by molar-refractivity contribution is -0.263. The van der Waals surface area contributed by atoms with Gasteiger partial charge >= 0.3 is 0 Å². The Bertz CT molecular complexity index is 1030. The predicted molar refractivity (Wildman–Crippen MR) is 104 cm³/mol. The Kier molecular flexibility index (Phi) is 3.34. The van der Waals surface area contributed by atoms with Gasteiger partial charge in [-0.2, -0.15) is 0 Å². The van der Waals surface area contributed by atoms with Crippen molar-refractivity contribution in [3.8, 4) is 0 Å². The van der Waals surface area contributed by atoms with Crippen molar-refractivity contribution in [3.05, 3.63) is 106 Å². The van der Waals surface area contributed by atoms with Gasteiger partial charge in [0.15, 0.2) is 0 Å².